The normalized spacial score (nSPS) is 29.4. The molecule has 0 spiro atoms. The molecule has 0 saturated heterocycles. The highest BCUT2D eigenvalue weighted by molar-refractivity contribution is 5.01. The van der Waals surface area contributed by atoms with E-state index in [9.17, 15) is 0 Å². The van der Waals surface area contributed by atoms with Crippen LogP contribution in [0.15, 0.2) is 12.7 Å². The topological polar surface area (TPSA) is 15.3 Å². The van der Waals surface area contributed by atoms with Gasteiger partial charge in [-0.05, 0) is 71.5 Å². The summed E-state index contributed by atoms with van der Waals surface area (Å²) in [6, 6.07) is 0.625. The van der Waals surface area contributed by atoms with E-state index in [1.165, 1.54) is 38.5 Å². The minimum Gasteiger partial charge on any atom is -0.312 e. The highest BCUT2D eigenvalue weighted by Gasteiger charge is 2.42. The Labute approximate surface area is 120 Å². The molecule has 2 heteroatoms. The Morgan fingerprint density at radius 1 is 1.37 bits per heavy atom. The van der Waals surface area contributed by atoms with Gasteiger partial charge in [0.05, 0.1) is 0 Å². The van der Waals surface area contributed by atoms with Crippen molar-refractivity contribution in [2.75, 3.05) is 20.6 Å². The zero-order valence-corrected chi connectivity index (χ0v) is 13.5. The maximum atomic E-state index is 3.85. The molecule has 1 fully saturated rings. The van der Waals surface area contributed by atoms with Gasteiger partial charge < -0.3 is 10.2 Å². The van der Waals surface area contributed by atoms with E-state index in [1.54, 1.807) is 0 Å². The average Bonchev–Trinajstić information content (AvgIpc) is 2.39. The van der Waals surface area contributed by atoms with E-state index in [0.29, 0.717) is 11.6 Å². The van der Waals surface area contributed by atoms with Crippen LogP contribution in [0.5, 0.6) is 0 Å². The molecule has 1 aliphatic rings. The van der Waals surface area contributed by atoms with Gasteiger partial charge in [-0.15, -0.1) is 6.58 Å². The molecule has 0 bridgehead atoms. The summed E-state index contributed by atoms with van der Waals surface area (Å²) < 4.78 is 0. The van der Waals surface area contributed by atoms with Gasteiger partial charge in [0.15, 0.2) is 0 Å². The third-order valence-corrected chi connectivity index (χ3v) is 5.03. The molecule has 0 heterocycles. The van der Waals surface area contributed by atoms with Crippen LogP contribution in [0.4, 0.5) is 0 Å². The number of unbranched alkanes of at least 4 members (excludes halogenated alkanes) is 1. The summed E-state index contributed by atoms with van der Waals surface area (Å²) in [7, 11) is 4.54. The van der Waals surface area contributed by atoms with Crippen molar-refractivity contribution in [3.05, 3.63) is 12.7 Å². The Morgan fingerprint density at radius 3 is 2.47 bits per heavy atom. The number of allylic oxidation sites excluding steroid dienone is 1. The molecule has 1 aliphatic carbocycles. The molecule has 2 nitrogen and oxygen atoms in total. The van der Waals surface area contributed by atoms with Crippen LogP contribution < -0.4 is 5.32 Å². The van der Waals surface area contributed by atoms with Gasteiger partial charge in [0, 0.05) is 11.6 Å². The van der Waals surface area contributed by atoms with E-state index in [1.807, 2.05) is 6.08 Å². The maximum Gasteiger partial charge on any atom is 0.0356 e. The summed E-state index contributed by atoms with van der Waals surface area (Å²) in [5, 5.41) is 3.77. The predicted octanol–water partition coefficient (Wildman–Crippen LogP) is 3.83. The zero-order chi connectivity index (χ0) is 14.3. The minimum atomic E-state index is 0.365. The smallest absolute Gasteiger partial charge is 0.0356 e. The van der Waals surface area contributed by atoms with E-state index in [-0.39, 0.29) is 0 Å². The first kappa shape index (κ1) is 16.7. The molecule has 0 amide bonds. The Bertz CT molecular complexity index is 252. The van der Waals surface area contributed by atoms with E-state index in [4.69, 9.17) is 0 Å². The average molecular weight is 266 g/mol. The SMILES string of the molecule is C=CCCCC(NCC)C1(N(C)C)CCC(C)CC1. The van der Waals surface area contributed by atoms with Gasteiger partial charge in [0.25, 0.3) is 0 Å². The van der Waals surface area contributed by atoms with Crippen LogP contribution in [-0.4, -0.2) is 37.1 Å². The van der Waals surface area contributed by atoms with Crippen LogP contribution in [0.2, 0.25) is 0 Å². The van der Waals surface area contributed by atoms with Crippen molar-refractivity contribution in [3.8, 4) is 0 Å². The Balaban J connectivity index is 2.76. The first-order valence-electron chi connectivity index (χ1n) is 8.08. The van der Waals surface area contributed by atoms with Crippen molar-refractivity contribution in [3.63, 3.8) is 0 Å². The first-order valence-corrected chi connectivity index (χ1v) is 8.08. The molecule has 1 N–H and O–H groups in total. The molecule has 0 aliphatic heterocycles. The summed E-state index contributed by atoms with van der Waals surface area (Å²) in [4.78, 5) is 2.50. The molecule has 1 rings (SSSR count). The second-order valence-electron chi connectivity index (χ2n) is 6.51. The minimum absolute atomic E-state index is 0.365. The molecule has 0 aromatic carbocycles. The van der Waals surface area contributed by atoms with Crippen LogP contribution in [0.1, 0.15) is 58.8 Å². The maximum absolute atomic E-state index is 3.85. The standard InChI is InChI=1S/C17H34N2/c1-6-8-9-10-16(18-7-2)17(19(4)5)13-11-15(3)12-14-17/h6,15-16,18H,1,7-14H2,2-5H3. The van der Waals surface area contributed by atoms with E-state index < -0.39 is 0 Å². The van der Waals surface area contributed by atoms with Crippen LogP contribution >= 0.6 is 0 Å². The fraction of sp³-hybridized carbons (Fsp3) is 0.882. The lowest BCUT2D eigenvalue weighted by Gasteiger charge is -2.50. The van der Waals surface area contributed by atoms with Gasteiger partial charge >= 0.3 is 0 Å². The van der Waals surface area contributed by atoms with Gasteiger partial charge in [0.1, 0.15) is 0 Å². The molecule has 1 atom stereocenters. The van der Waals surface area contributed by atoms with E-state index in [0.717, 1.165) is 18.9 Å². The second-order valence-corrected chi connectivity index (χ2v) is 6.51. The highest BCUT2D eigenvalue weighted by atomic mass is 15.2. The van der Waals surface area contributed by atoms with Crippen LogP contribution in [-0.2, 0) is 0 Å². The Morgan fingerprint density at radius 2 is 2.00 bits per heavy atom. The predicted molar refractivity (Wildman–Crippen MR) is 85.6 cm³/mol. The molecule has 0 aromatic heterocycles. The molecule has 19 heavy (non-hydrogen) atoms. The van der Waals surface area contributed by atoms with Gasteiger partial charge in [-0.2, -0.15) is 0 Å². The Kier molecular flexibility index (Phi) is 7.09. The van der Waals surface area contributed by atoms with Gasteiger partial charge in [-0.25, -0.2) is 0 Å². The van der Waals surface area contributed by atoms with Crippen LogP contribution in [0.3, 0.4) is 0 Å². The largest absolute Gasteiger partial charge is 0.312 e. The molecular weight excluding hydrogens is 232 g/mol. The first-order chi connectivity index (χ1) is 9.06. The fourth-order valence-corrected chi connectivity index (χ4v) is 3.64. The molecule has 0 radical (unpaired) electrons. The monoisotopic (exact) mass is 266 g/mol. The number of nitrogens with one attached hydrogen (secondary N) is 1. The number of rotatable bonds is 8. The summed E-state index contributed by atoms with van der Waals surface area (Å²) in [6.45, 7) is 9.55. The number of hydrogen-bond donors (Lipinski definition) is 1. The van der Waals surface area contributed by atoms with Crippen molar-refractivity contribution in [2.45, 2.75) is 70.4 Å². The molecule has 1 unspecified atom stereocenters. The lowest BCUT2D eigenvalue weighted by Crippen LogP contribution is -2.60. The molecule has 0 aromatic rings. The number of hydrogen-bond acceptors (Lipinski definition) is 2. The molecular formula is C17H34N2. The van der Waals surface area contributed by atoms with Crippen molar-refractivity contribution >= 4 is 0 Å². The van der Waals surface area contributed by atoms with Crippen LogP contribution in [0.25, 0.3) is 0 Å². The third kappa shape index (κ3) is 4.32. The summed E-state index contributed by atoms with van der Waals surface area (Å²) in [5.41, 5.74) is 0.365. The van der Waals surface area contributed by atoms with Crippen molar-refractivity contribution < 1.29 is 0 Å². The van der Waals surface area contributed by atoms with E-state index >= 15 is 0 Å². The quantitative estimate of drug-likeness (QED) is 0.530. The van der Waals surface area contributed by atoms with E-state index in [2.05, 4.69) is 44.7 Å². The van der Waals surface area contributed by atoms with Crippen LogP contribution in [0, 0.1) is 5.92 Å². The lowest BCUT2D eigenvalue weighted by molar-refractivity contribution is 0.0403. The van der Waals surface area contributed by atoms with Gasteiger partial charge in [-0.1, -0.05) is 19.9 Å². The number of nitrogens with zero attached hydrogens (tertiary/aromatic N) is 1. The van der Waals surface area contributed by atoms with Crippen molar-refractivity contribution in [1.82, 2.24) is 10.2 Å². The third-order valence-electron chi connectivity index (χ3n) is 5.03. The van der Waals surface area contributed by atoms with Crippen molar-refractivity contribution in [1.29, 1.82) is 0 Å². The summed E-state index contributed by atoms with van der Waals surface area (Å²) in [6.07, 6.45) is 11.2. The Hall–Kier alpha value is -0.340. The summed E-state index contributed by atoms with van der Waals surface area (Å²) in [5.74, 6) is 0.906. The summed E-state index contributed by atoms with van der Waals surface area (Å²) >= 11 is 0. The lowest BCUT2D eigenvalue weighted by atomic mass is 9.71. The van der Waals surface area contributed by atoms with Gasteiger partial charge in [-0.3, -0.25) is 0 Å². The second kappa shape index (κ2) is 8.06. The number of likely N-dealkylation sites (N-methyl/N-ethyl adjacent to an activating group) is 2. The van der Waals surface area contributed by atoms with Crippen molar-refractivity contribution in [2.24, 2.45) is 5.92 Å². The molecule has 112 valence electrons. The molecule has 1 saturated carbocycles. The fourth-order valence-electron chi connectivity index (χ4n) is 3.64. The zero-order valence-electron chi connectivity index (χ0n) is 13.5. The highest BCUT2D eigenvalue weighted by Crippen LogP contribution is 2.39. The van der Waals surface area contributed by atoms with Gasteiger partial charge in [0.2, 0.25) is 0 Å².